The van der Waals surface area contributed by atoms with E-state index in [1.807, 2.05) is 43.3 Å². The molecular formula is C20H15Cl2N3O2. The number of nitrogens with zero attached hydrogens (tertiary/aromatic N) is 2. The van der Waals surface area contributed by atoms with E-state index in [9.17, 15) is 4.79 Å². The number of carbonyl (C=O) groups excluding carboxylic acids is 1. The van der Waals surface area contributed by atoms with Crippen molar-refractivity contribution in [3.63, 3.8) is 0 Å². The molecule has 0 aliphatic carbocycles. The Balaban J connectivity index is 1.90. The number of hydrogen-bond acceptors (Lipinski definition) is 3. The number of hydrogen-bond donors (Lipinski definition) is 1. The van der Waals surface area contributed by atoms with E-state index in [0.717, 1.165) is 21.8 Å². The second kappa shape index (κ2) is 7.10. The molecule has 0 spiro atoms. The highest BCUT2D eigenvalue weighted by Gasteiger charge is 2.19. The van der Waals surface area contributed by atoms with Gasteiger partial charge >= 0.3 is 0 Å². The summed E-state index contributed by atoms with van der Waals surface area (Å²) in [5.41, 5.74) is 2.56. The van der Waals surface area contributed by atoms with Gasteiger partial charge in [-0.05, 0) is 25.1 Å². The zero-order valence-corrected chi connectivity index (χ0v) is 15.9. The molecule has 1 N–H and O–H groups in total. The zero-order valence-electron chi connectivity index (χ0n) is 14.4. The quantitative estimate of drug-likeness (QED) is 0.513. The zero-order chi connectivity index (χ0) is 19.0. The van der Waals surface area contributed by atoms with Gasteiger partial charge in [-0.2, -0.15) is 4.73 Å². The molecule has 0 unspecified atom stereocenters. The number of aromatic nitrogens is 2. The highest BCUT2D eigenvalue weighted by molar-refractivity contribution is 6.40. The molecule has 7 heteroatoms. The highest BCUT2D eigenvalue weighted by Crippen LogP contribution is 2.33. The van der Waals surface area contributed by atoms with Crippen molar-refractivity contribution in [3.8, 4) is 0 Å². The van der Waals surface area contributed by atoms with Crippen molar-refractivity contribution in [1.29, 1.82) is 0 Å². The number of rotatable bonds is 4. The van der Waals surface area contributed by atoms with Gasteiger partial charge < -0.3 is 10.2 Å². The first-order chi connectivity index (χ1) is 13.1. The van der Waals surface area contributed by atoms with E-state index in [1.54, 1.807) is 10.8 Å². The summed E-state index contributed by atoms with van der Waals surface area (Å²) in [6.45, 7) is 2.43. The topological polar surface area (TPSA) is 56.1 Å². The minimum atomic E-state index is -0.310. The first kappa shape index (κ1) is 17.6. The minimum absolute atomic E-state index is 0.278. The van der Waals surface area contributed by atoms with Gasteiger partial charge in [-0.3, -0.25) is 9.78 Å². The number of amides is 1. The minimum Gasteiger partial charge on any atom is -0.414 e. The third-order valence-corrected chi connectivity index (χ3v) is 4.82. The summed E-state index contributed by atoms with van der Waals surface area (Å²) < 4.78 is 1.76. The molecule has 5 nitrogen and oxygen atoms in total. The number of halogens is 2. The van der Waals surface area contributed by atoms with E-state index >= 15 is 0 Å². The first-order valence-corrected chi connectivity index (χ1v) is 9.13. The van der Waals surface area contributed by atoms with E-state index in [0.29, 0.717) is 17.9 Å². The van der Waals surface area contributed by atoms with Crippen LogP contribution in [0.3, 0.4) is 0 Å². The Morgan fingerprint density at radius 2 is 1.78 bits per heavy atom. The fourth-order valence-corrected chi connectivity index (χ4v) is 3.61. The number of pyridine rings is 1. The van der Waals surface area contributed by atoms with Crippen molar-refractivity contribution >= 4 is 56.6 Å². The van der Waals surface area contributed by atoms with Crippen LogP contribution >= 0.6 is 23.2 Å². The number of carbonyl (C=O) groups is 1. The van der Waals surface area contributed by atoms with Crippen molar-refractivity contribution in [2.45, 2.75) is 6.92 Å². The molecule has 0 saturated heterocycles. The Morgan fingerprint density at radius 3 is 2.52 bits per heavy atom. The highest BCUT2D eigenvalue weighted by atomic mass is 35.5. The molecule has 4 aromatic rings. The van der Waals surface area contributed by atoms with E-state index in [-0.39, 0.29) is 16.0 Å². The van der Waals surface area contributed by atoms with E-state index < -0.39 is 0 Å². The Labute approximate surface area is 165 Å². The number of benzene rings is 2. The van der Waals surface area contributed by atoms with Gasteiger partial charge in [-0.15, -0.1) is 0 Å². The SMILES string of the molecule is CCOn1c2ccccc2c2c(C(=O)Nc3c(Cl)cncc3Cl)cccc21. The standard InChI is InChI=1S/C20H15Cl2N3O2/c1-2-27-25-16-8-4-3-6-12(16)18-13(7-5-9-17(18)25)20(26)24-19-14(21)10-23-11-15(19)22/h3-11H,2H2,1H3,(H,23,24,26). The molecule has 0 fully saturated rings. The molecule has 2 heterocycles. The average Bonchev–Trinajstić information content (AvgIpc) is 2.99. The van der Waals surface area contributed by atoms with Gasteiger partial charge in [0.2, 0.25) is 0 Å². The lowest BCUT2D eigenvalue weighted by atomic mass is 10.1. The molecule has 0 aliphatic heterocycles. The van der Waals surface area contributed by atoms with Gasteiger partial charge in [0, 0.05) is 28.7 Å². The van der Waals surface area contributed by atoms with Crippen molar-refractivity contribution in [2.75, 3.05) is 11.9 Å². The van der Waals surface area contributed by atoms with Crippen molar-refractivity contribution in [2.24, 2.45) is 0 Å². The molecule has 0 saturated carbocycles. The average molecular weight is 400 g/mol. The van der Waals surface area contributed by atoms with Gasteiger partial charge in [-0.1, -0.05) is 47.5 Å². The Hall–Kier alpha value is -2.76. The van der Waals surface area contributed by atoms with Crippen molar-refractivity contribution in [3.05, 3.63) is 70.5 Å². The molecule has 0 radical (unpaired) electrons. The van der Waals surface area contributed by atoms with Crippen LogP contribution in [0, 0.1) is 0 Å². The number of nitrogens with one attached hydrogen (secondary N) is 1. The summed E-state index contributed by atoms with van der Waals surface area (Å²) in [6.07, 6.45) is 2.87. The maximum Gasteiger partial charge on any atom is 0.256 e. The molecule has 27 heavy (non-hydrogen) atoms. The Bertz CT molecular complexity index is 1150. The molecule has 2 aromatic carbocycles. The lowest BCUT2D eigenvalue weighted by molar-refractivity contribution is 0.102. The predicted molar refractivity (Wildman–Crippen MR) is 109 cm³/mol. The van der Waals surface area contributed by atoms with Crippen LogP contribution in [0.1, 0.15) is 17.3 Å². The van der Waals surface area contributed by atoms with Crippen LogP contribution in [-0.4, -0.2) is 22.2 Å². The normalized spacial score (nSPS) is 11.1. The van der Waals surface area contributed by atoms with Gasteiger partial charge in [0.15, 0.2) is 0 Å². The predicted octanol–water partition coefficient (Wildman–Crippen LogP) is 5.20. The van der Waals surface area contributed by atoms with Crippen LogP contribution in [0.25, 0.3) is 21.8 Å². The fourth-order valence-electron chi connectivity index (χ4n) is 3.15. The number of fused-ring (bicyclic) bond motifs is 3. The summed E-state index contributed by atoms with van der Waals surface area (Å²) in [4.78, 5) is 22.7. The maximum absolute atomic E-state index is 13.0. The van der Waals surface area contributed by atoms with E-state index in [1.165, 1.54) is 12.4 Å². The molecule has 1 amide bonds. The van der Waals surface area contributed by atoms with Crippen molar-refractivity contribution < 1.29 is 9.63 Å². The molecule has 0 aliphatic rings. The lowest BCUT2D eigenvalue weighted by Gasteiger charge is -2.10. The molecule has 0 bridgehead atoms. The van der Waals surface area contributed by atoms with Gasteiger partial charge in [0.25, 0.3) is 5.91 Å². The summed E-state index contributed by atoms with van der Waals surface area (Å²) in [5.74, 6) is -0.310. The Morgan fingerprint density at radius 1 is 1.07 bits per heavy atom. The largest absolute Gasteiger partial charge is 0.414 e. The van der Waals surface area contributed by atoms with E-state index in [4.69, 9.17) is 28.0 Å². The van der Waals surface area contributed by atoms with Gasteiger partial charge in [0.05, 0.1) is 26.8 Å². The van der Waals surface area contributed by atoms with Crippen LogP contribution < -0.4 is 10.2 Å². The summed E-state index contributed by atoms with van der Waals surface area (Å²) in [5, 5.41) is 5.09. The second-order valence-electron chi connectivity index (χ2n) is 5.86. The summed E-state index contributed by atoms with van der Waals surface area (Å²) >= 11 is 12.3. The lowest BCUT2D eigenvalue weighted by Crippen LogP contribution is -2.14. The summed E-state index contributed by atoms with van der Waals surface area (Å²) in [7, 11) is 0. The molecule has 4 rings (SSSR count). The van der Waals surface area contributed by atoms with Crippen LogP contribution in [0.15, 0.2) is 54.9 Å². The van der Waals surface area contributed by atoms with E-state index in [2.05, 4.69) is 10.3 Å². The molecule has 2 aromatic heterocycles. The third kappa shape index (κ3) is 2.99. The van der Waals surface area contributed by atoms with Crippen LogP contribution in [-0.2, 0) is 0 Å². The fraction of sp³-hybridized carbons (Fsp3) is 0.100. The monoisotopic (exact) mass is 399 g/mol. The summed E-state index contributed by atoms with van der Waals surface area (Å²) in [6, 6.07) is 13.3. The van der Waals surface area contributed by atoms with Crippen LogP contribution in [0.5, 0.6) is 0 Å². The van der Waals surface area contributed by atoms with Gasteiger partial charge in [0.1, 0.15) is 6.61 Å². The number of para-hydroxylation sites is 1. The smallest absolute Gasteiger partial charge is 0.256 e. The maximum atomic E-state index is 13.0. The van der Waals surface area contributed by atoms with Crippen molar-refractivity contribution in [1.82, 2.24) is 9.71 Å². The number of anilines is 1. The second-order valence-corrected chi connectivity index (χ2v) is 6.68. The molecule has 0 atom stereocenters. The van der Waals surface area contributed by atoms with Crippen LogP contribution in [0.2, 0.25) is 10.0 Å². The third-order valence-electron chi connectivity index (χ3n) is 4.25. The first-order valence-electron chi connectivity index (χ1n) is 8.37. The Kier molecular flexibility index (Phi) is 4.64. The molecular weight excluding hydrogens is 385 g/mol. The molecule has 136 valence electrons. The van der Waals surface area contributed by atoms with Crippen LogP contribution in [0.4, 0.5) is 5.69 Å². The van der Waals surface area contributed by atoms with Gasteiger partial charge in [-0.25, -0.2) is 0 Å².